The lowest BCUT2D eigenvalue weighted by molar-refractivity contribution is -0.113. The predicted molar refractivity (Wildman–Crippen MR) is 109 cm³/mol. The molecule has 0 spiro atoms. The van der Waals surface area contributed by atoms with Gasteiger partial charge in [-0.3, -0.25) is 9.69 Å². The second kappa shape index (κ2) is 7.42. The topological polar surface area (TPSA) is 32.7 Å². The van der Waals surface area contributed by atoms with Gasteiger partial charge in [0.25, 0.3) is 5.91 Å². The Hall–Kier alpha value is -3.11. The fourth-order valence-corrected chi connectivity index (χ4v) is 3.67. The summed E-state index contributed by atoms with van der Waals surface area (Å²) >= 11 is 1.40. The van der Waals surface area contributed by atoms with E-state index in [-0.39, 0.29) is 5.91 Å². The van der Waals surface area contributed by atoms with Crippen molar-refractivity contribution in [1.82, 2.24) is 0 Å². The molecule has 4 rings (SSSR count). The summed E-state index contributed by atoms with van der Waals surface area (Å²) in [7, 11) is 0. The Labute approximate surface area is 156 Å². The van der Waals surface area contributed by atoms with Gasteiger partial charge in [0.1, 0.15) is 0 Å². The molecule has 1 amide bonds. The monoisotopic (exact) mass is 356 g/mol. The van der Waals surface area contributed by atoms with Crippen LogP contribution >= 0.6 is 11.8 Å². The maximum Gasteiger partial charge on any atom is 0.271 e. The van der Waals surface area contributed by atoms with Crippen molar-refractivity contribution < 1.29 is 4.79 Å². The number of carbonyl (C=O) groups excluding carboxylic acids is 1. The van der Waals surface area contributed by atoms with E-state index < -0.39 is 0 Å². The molecule has 0 aliphatic carbocycles. The Balaban J connectivity index is 1.77. The standard InChI is InChI=1S/C22H16N2OS/c25-21-20(16-17-10-4-1-5-11-17)26-22(23-18-12-6-2-7-13-18)24(21)19-14-8-3-9-15-19/h1-16H/b20-16+,23-22+. The van der Waals surface area contributed by atoms with Gasteiger partial charge in [-0.25, -0.2) is 4.99 Å². The molecule has 0 unspecified atom stereocenters. The minimum atomic E-state index is -0.0558. The van der Waals surface area contributed by atoms with E-state index in [1.54, 1.807) is 4.90 Å². The minimum Gasteiger partial charge on any atom is -0.268 e. The summed E-state index contributed by atoms with van der Waals surface area (Å²) in [5.74, 6) is -0.0558. The zero-order valence-electron chi connectivity index (χ0n) is 13.9. The van der Waals surface area contributed by atoms with Crippen LogP contribution in [0.3, 0.4) is 0 Å². The lowest BCUT2D eigenvalue weighted by Gasteiger charge is -2.15. The summed E-state index contributed by atoms with van der Waals surface area (Å²) in [6, 6.07) is 29.2. The highest BCUT2D eigenvalue weighted by Crippen LogP contribution is 2.37. The van der Waals surface area contributed by atoms with E-state index in [0.29, 0.717) is 10.1 Å². The number of thioether (sulfide) groups is 1. The molecular formula is C22H16N2OS. The molecule has 1 saturated heterocycles. The van der Waals surface area contributed by atoms with E-state index in [1.165, 1.54) is 11.8 Å². The quantitative estimate of drug-likeness (QED) is 0.581. The highest BCUT2D eigenvalue weighted by atomic mass is 32.2. The molecule has 1 heterocycles. The average Bonchev–Trinajstić information content (AvgIpc) is 2.99. The van der Waals surface area contributed by atoms with E-state index in [0.717, 1.165) is 16.9 Å². The van der Waals surface area contributed by atoms with E-state index in [1.807, 2.05) is 97.1 Å². The number of hydrogen-bond donors (Lipinski definition) is 0. The number of benzene rings is 3. The van der Waals surface area contributed by atoms with Crippen LogP contribution in [0.1, 0.15) is 5.56 Å². The lowest BCUT2D eigenvalue weighted by atomic mass is 10.2. The number of aliphatic imine (C=N–C) groups is 1. The van der Waals surface area contributed by atoms with Crippen molar-refractivity contribution in [3.05, 3.63) is 101 Å². The van der Waals surface area contributed by atoms with Crippen LogP contribution < -0.4 is 4.90 Å². The number of hydrogen-bond acceptors (Lipinski definition) is 3. The van der Waals surface area contributed by atoms with E-state index in [9.17, 15) is 4.79 Å². The van der Waals surface area contributed by atoms with E-state index in [2.05, 4.69) is 0 Å². The number of anilines is 1. The van der Waals surface area contributed by atoms with Crippen LogP contribution in [0, 0.1) is 0 Å². The van der Waals surface area contributed by atoms with Crippen LogP contribution in [-0.2, 0) is 4.79 Å². The zero-order chi connectivity index (χ0) is 17.8. The Bertz CT molecular complexity index is 967. The molecule has 1 aliphatic heterocycles. The first-order valence-electron chi connectivity index (χ1n) is 8.29. The van der Waals surface area contributed by atoms with Crippen LogP contribution in [0.25, 0.3) is 6.08 Å². The summed E-state index contributed by atoms with van der Waals surface area (Å²) in [6.07, 6.45) is 1.91. The lowest BCUT2D eigenvalue weighted by Crippen LogP contribution is -2.28. The highest BCUT2D eigenvalue weighted by molar-refractivity contribution is 8.19. The number of amidine groups is 1. The van der Waals surface area contributed by atoms with Crippen molar-refractivity contribution in [3.63, 3.8) is 0 Å². The van der Waals surface area contributed by atoms with Gasteiger partial charge >= 0.3 is 0 Å². The van der Waals surface area contributed by atoms with Gasteiger partial charge in [0, 0.05) is 0 Å². The number of para-hydroxylation sites is 2. The second-order valence-electron chi connectivity index (χ2n) is 5.73. The van der Waals surface area contributed by atoms with Crippen LogP contribution in [0.5, 0.6) is 0 Å². The van der Waals surface area contributed by atoms with Crippen molar-refractivity contribution in [1.29, 1.82) is 0 Å². The van der Waals surface area contributed by atoms with Crippen molar-refractivity contribution in [2.45, 2.75) is 0 Å². The minimum absolute atomic E-state index is 0.0558. The smallest absolute Gasteiger partial charge is 0.268 e. The van der Waals surface area contributed by atoms with Gasteiger partial charge < -0.3 is 0 Å². The zero-order valence-corrected chi connectivity index (χ0v) is 14.8. The molecule has 0 bridgehead atoms. The summed E-state index contributed by atoms with van der Waals surface area (Å²) in [5.41, 5.74) is 2.64. The fraction of sp³-hybridized carbons (Fsp3) is 0. The van der Waals surface area contributed by atoms with Gasteiger partial charge in [0.2, 0.25) is 0 Å². The third-order valence-corrected chi connectivity index (χ3v) is 4.87. The normalized spacial score (nSPS) is 17.2. The van der Waals surface area contributed by atoms with Crippen LogP contribution in [0.15, 0.2) is 101 Å². The largest absolute Gasteiger partial charge is 0.271 e. The summed E-state index contributed by atoms with van der Waals surface area (Å²) in [4.78, 5) is 20.1. The molecule has 126 valence electrons. The van der Waals surface area contributed by atoms with Crippen LogP contribution in [-0.4, -0.2) is 11.1 Å². The first kappa shape index (κ1) is 16.4. The maximum absolute atomic E-state index is 13.1. The second-order valence-corrected chi connectivity index (χ2v) is 6.74. The Morgan fingerprint density at radius 3 is 2.00 bits per heavy atom. The SMILES string of the molecule is O=C1/C(=C\c2ccccc2)S/C(=N/c2ccccc2)N1c1ccccc1. The summed E-state index contributed by atoms with van der Waals surface area (Å²) in [5, 5.41) is 0.662. The molecule has 0 atom stereocenters. The molecule has 3 nitrogen and oxygen atoms in total. The predicted octanol–water partition coefficient (Wildman–Crippen LogP) is 5.50. The molecule has 0 aromatic heterocycles. The van der Waals surface area contributed by atoms with Gasteiger partial charge in [-0.15, -0.1) is 0 Å². The van der Waals surface area contributed by atoms with Gasteiger partial charge in [0.05, 0.1) is 16.3 Å². The number of rotatable bonds is 3. The number of nitrogens with zero attached hydrogens (tertiary/aromatic N) is 2. The third-order valence-electron chi connectivity index (χ3n) is 3.90. The molecule has 3 aromatic carbocycles. The molecule has 1 fully saturated rings. The molecule has 1 aliphatic rings. The van der Waals surface area contributed by atoms with Crippen LogP contribution in [0.2, 0.25) is 0 Å². The summed E-state index contributed by atoms with van der Waals surface area (Å²) < 4.78 is 0. The molecule has 4 heteroatoms. The molecular weight excluding hydrogens is 340 g/mol. The Morgan fingerprint density at radius 2 is 1.35 bits per heavy atom. The van der Waals surface area contributed by atoms with Gasteiger partial charge in [-0.2, -0.15) is 0 Å². The van der Waals surface area contributed by atoms with Crippen molar-refractivity contribution in [2.24, 2.45) is 4.99 Å². The number of carbonyl (C=O) groups is 1. The van der Waals surface area contributed by atoms with Crippen molar-refractivity contribution >= 4 is 40.3 Å². The molecule has 0 N–H and O–H groups in total. The van der Waals surface area contributed by atoms with Gasteiger partial charge in [-0.05, 0) is 47.7 Å². The average molecular weight is 356 g/mol. The van der Waals surface area contributed by atoms with Crippen molar-refractivity contribution in [2.75, 3.05) is 4.90 Å². The first-order valence-corrected chi connectivity index (χ1v) is 9.11. The van der Waals surface area contributed by atoms with E-state index in [4.69, 9.17) is 4.99 Å². The molecule has 3 aromatic rings. The molecule has 26 heavy (non-hydrogen) atoms. The van der Waals surface area contributed by atoms with Crippen LogP contribution in [0.4, 0.5) is 11.4 Å². The number of amides is 1. The maximum atomic E-state index is 13.1. The third kappa shape index (κ3) is 3.46. The Morgan fingerprint density at radius 1 is 0.769 bits per heavy atom. The molecule has 0 saturated carbocycles. The fourth-order valence-electron chi connectivity index (χ4n) is 2.67. The van der Waals surface area contributed by atoms with Gasteiger partial charge in [-0.1, -0.05) is 66.7 Å². The van der Waals surface area contributed by atoms with Crippen molar-refractivity contribution in [3.8, 4) is 0 Å². The van der Waals surface area contributed by atoms with E-state index >= 15 is 0 Å². The first-order chi connectivity index (χ1) is 12.8. The highest BCUT2D eigenvalue weighted by Gasteiger charge is 2.34. The molecule has 0 radical (unpaired) electrons. The summed E-state index contributed by atoms with van der Waals surface area (Å²) in [6.45, 7) is 0. The van der Waals surface area contributed by atoms with Gasteiger partial charge in [0.15, 0.2) is 5.17 Å². The Kier molecular flexibility index (Phi) is 4.67.